The zero-order chi connectivity index (χ0) is 10.1. The molecule has 0 aromatic carbocycles. The van der Waals surface area contributed by atoms with Gasteiger partial charge in [0.05, 0.1) is 11.8 Å². The minimum Gasteiger partial charge on any atom is -0.378 e. The summed E-state index contributed by atoms with van der Waals surface area (Å²) in [7, 11) is 1.75. The van der Waals surface area contributed by atoms with E-state index in [-0.39, 0.29) is 0 Å². The fourth-order valence-corrected chi connectivity index (χ4v) is 2.44. The Morgan fingerprint density at radius 2 is 2.36 bits per heavy atom. The largest absolute Gasteiger partial charge is 0.378 e. The van der Waals surface area contributed by atoms with Crippen LogP contribution in [0.15, 0.2) is 0 Å². The van der Waals surface area contributed by atoms with Crippen molar-refractivity contribution in [2.24, 2.45) is 5.73 Å². The number of anilines is 1. The molecule has 0 saturated carbocycles. The lowest BCUT2D eigenvalue weighted by Crippen LogP contribution is -2.51. The molecule has 0 radical (unpaired) electrons. The van der Waals surface area contributed by atoms with Gasteiger partial charge in [0.15, 0.2) is 5.13 Å². The molecule has 4 nitrogen and oxygen atoms in total. The van der Waals surface area contributed by atoms with Gasteiger partial charge in [-0.1, -0.05) is 0 Å². The van der Waals surface area contributed by atoms with Crippen LogP contribution in [0.3, 0.4) is 0 Å². The highest BCUT2D eigenvalue weighted by molar-refractivity contribution is 7.15. The molecule has 0 spiro atoms. The highest BCUT2D eigenvalue weighted by Crippen LogP contribution is 2.29. The molecule has 5 heteroatoms. The first-order valence-electron chi connectivity index (χ1n) is 4.68. The van der Waals surface area contributed by atoms with Crippen LogP contribution in [0.5, 0.6) is 0 Å². The quantitative estimate of drug-likeness (QED) is 0.805. The standard InChI is InChI=1S/C9H15N3OS/c1-6-8(3-10)14-9(11-6)12-4-7(5-12)13-2/h7H,3-5,10H2,1-2H3. The molecule has 1 fully saturated rings. The van der Waals surface area contributed by atoms with E-state index in [0.717, 1.165) is 23.9 Å². The average Bonchev–Trinajstić information content (AvgIpc) is 2.45. The van der Waals surface area contributed by atoms with Gasteiger partial charge in [0.25, 0.3) is 0 Å². The average molecular weight is 213 g/mol. The van der Waals surface area contributed by atoms with Crippen LogP contribution in [0.4, 0.5) is 5.13 Å². The predicted molar refractivity (Wildman–Crippen MR) is 57.8 cm³/mol. The van der Waals surface area contributed by atoms with Crippen molar-refractivity contribution in [3.05, 3.63) is 10.6 Å². The number of nitrogens with zero attached hydrogens (tertiary/aromatic N) is 2. The van der Waals surface area contributed by atoms with E-state index in [4.69, 9.17) is 10.5 Å². The van der Waals surface area contributed by atoms with Crippen LogP contribution in [0.1, 0.15) is 10.6 Å². The van der Waals surface area contributed by atoms with E-state index in [2.05, 4.69) is 9.88 Å². The Kier molecular flexibility index (Phi) is 2.71. The van der Waals surface area contributed by atoms with Gasteiger partial charge in [-0.15, -0.1) is 11.3 Å². The van der Waals surface area contributed by atoms with E-state index in [0.29, 0.717) is 12.6 Å². The van der Waals surface area contributed by atoms with Crippen LogP contribution >= 0.6 is 11.3 Å². The van der Waals surface area contributed by atoms with Crippen molar-refractivity contribution in [3.8, 4) is 0 Å². The number of rotatable bonds is 3. The van der Waals surface area contributed by atoms with Gasteiger partial charge >= 0.3 is 0 Å². The summed E-state index contributed by atoms with van der Waals surface area (Å²) in [6.45, 7) is 4.50. The molecule has 1 saturated heterocycles. The second-order valence-electron chi connectivity index (χ2n) is 3.47. The first-order chi connectivity index (χ1) is 6.74. The van der Waals surface area contributed by atoms with E-state index < -0.39 is 0 Å². The van der Waals surface area contributed by atoms with Crippen molar-refractivity contribution in [2.75, 3.05) is 25.1 Å². The summed E-state index contributed by atoms with van der Waals surface area (Å²) in [6.07, 6.45) is 0.375. The van der Waals surface area contributed by atoms with Gasteiger partial charge < -0.3 is 15.4 Å². The Labute approximate surface area is 87.7 Å². The summed E-state index contributed by atoms with van der Waals surface area (Å²) in [5.41, 5.74) is 6.67. The number of thiazole rings is 1. The summed E-state index contributed by atoms with van der Waals surface area (Å²) in [5, 5.41) is 1.08. The Bertz CT molecular complexity index is 320. The normalized spacial score (nSPS) is 17.2. The molecule has 0 unspecified atom stereocenters. The van der Waals surface area contributed by atoms with Gasteiger partial charge in [0.2, 0.25) is 0 Å². The molecular formula is C9H15N3OS. The van der Waals surface area contributed by atoms with Crippen LogP contribution < -0.4 is 10.6 Å². The van der Waals surface area contributed by atoms with Crippen LogP contribution in [-0.2, 0) is 11.3 Å². The lowest BCUT2D eigenvalue weighted by atomic mass is 10.2. The molecule has 1 aromatic heterocycles. The maximum Gasteiger partial charge on any atom is 0.185 e. The highest BCUT2D eigenvalue weighted by atomic mass is 32.1. The summed E-state index contributed by atoms with van der Waals surface area (Å²) >= 11 is 1.69. The first-order valence-corrected chi connectivity index (χ1v) is 5.50. The molecule has 2 rings (SSSR count). The van der Waals surface area contributed by atoms with Crippen molar-refractivity contribution in [1.29, 1.82) is 0 Å². The SMILES string of the molecule is COC1CN(c2nc(C)c(CN)s2)C1. The van der Waals surface area contributed by atoms with Crippen LogP contribution in [0.25, 0.3) is 0 Å². The summed E-state index contributed by atoms with van der Waals surface area (Å²) in [5.74, 6) is 0. The van der Waals surface area contributed by atoms with Crippen molar-refractivity contribution in [2.45, 2.75) is 19.6 Å². The molecule has 2 heterocycles. The van der Waals surface area contributed by atoms with E-state index in [1.54, 1.807) is 18.4 Å². The van der Waals surface area contributed by atoms with Crippen LogP contribution in [0.2, 0.25) is 0 Å². The number of aryl methyl sites for hydroxylation is 1. The smallest absolute Gasteiger partial charge is 0.185 e. The van der Waals surface area contributed by atoms with Crippen molar-refractivity contribution >= 4 is 16.5 Å². The zero-order valence-corrected chi connectivity index (χ0v) is 9.30. The molecule has 1 aliphatic rings. The van der Waals surface area contributed by atoms with Gasteiger partial charge in [-0.05, 0) is 6.92 Å². The molecule has 1 aromatic rings. The Morgan fingerprint density at radius 3 is 2.86 bits per heavy atom. The Balaban J connectivity index is 2.04. The Morgan fingerprint density at radius 1 is 1.64 bits per heavy atom. The number of ether oxygens (including phenoxy) is 1. The van der Waals surface area contributed by atoms with Gasteiger partial charge in [-0.2, -0.15) is 0 Å². The van der Waals surface area contributed by atoms with Gasteiger partial charge in [-0.25, -0.2) is 4.98 Å². The monoisotopic (exact) mass is 213 g/mol. The molecule has 14 heavy (non-hydrogen) atoms. The number of methoxy groups -OCH3 is 1. The molecule has 0 bridgehead atoms. The predicted octanol–water partition coefficient (Wildman–Crippen LogP) is 0.745. The maximum atomic E-state index is 5.60. The summed E-state index contributed by atoms with van der Waals surface area (Å²) in [6, 6.07) is 0. The molecule has 0 atom stereocenters. The molecule has 0 aliphatic carbocycles. The minimum atomic E-state index is 0.375. The van der Waals surface area contributed by atoms with Crippen LogP contribution in [-0.4, -0.2) is 31.3 Å². The topological polar surface area (TPSA) is 51.4 Å². The fraction of sp³-hybridized carbons (Fsp3) is 0.667. The van der Waals surface area contributed by atoms with E-state index in [1.807, 2.05) is 6.92 Å². The number of hydrogen-bond donors (Lipinski definition) is 1. The maximum absolute atomic E-state index is 5.60. The lowest BCUT2D eigenvalue weighted by Gasteiger charge is -2.37. The van der Waals surface area contributed by atoms with Crippen molar-refractivity contribution in [3.63, 3.8) is 0 Å². The van der Waals surface area contributed by atoms with E-state index >= 15 is 0 Å². The van der Waals surface area contributed by atoms with Crippen molar-refractivity contribution < 1.29 is 4.74 Å². The second kappa shape index (κ2) is 3.84. The first kappa shape index (κ1) is 9.89. The molecule has 0 amide bonds. The molecule has 78 valence electrons. The van der Waals surface area contributed by atoms with Crippen molar-refractivity contribution in [1.82, 2.24) is 4.98 Å². The van der Waals surface area contributed by atoms with E-state index in [1.165, 1.54) is 4.88 Å². The third-order valence-corrected chi connectivity index (χ3v) is 3.76. The third-order valence-electron chi connectivity index (χ3n) is 2.52. The van der Waals surface area contributed by atoms with E-state index in [9.17, 15) is 0 Å². The summed E-state index contributed by atoms with van der Waals surface area (Å²) in [4.78, 5) is 7.89. The van der Waals surface area contributed by atoms with Gasteiger partial charge in [0, 0.05) is 31.6 Å². The van der Waals surface area contributed by atoms with Gasteiger partial charge in [-0.3, -0.25) is 0 Å². The Hall–Kier alpha value is -0.650. The number of hydrogen-bond acceptors (Lipinski definition) is 5. The fourth-order valence-electron chi connectivity index (χ4n) is 1.48. The second-order valence-corrected chi connectivity index (χ2v) is 4.53. The minimum absolute atomic E-state index is 0.375. The third kappa shape index (κ3) is 1.63. The summed E-state index contributed by atoms with van der Waals surface area (Å²) < 4.78 is 5.21. The molecule has 1 aliphatic heterocycles. The molecule has 2 N–H and O–H groups in total. The zero-order valence-electron chi connectivity index (χ0n) is 8.49. The lowest BCUT2D eigenvalue weighted by molar-refractivity contribution is 0.0787. The van der Waals surface area contributed by atoms with Crippen LogP contribution in [0, 0.1) is 6.92 Å². The number of aromatic nitrogens is 1. The highest BCUT2D eigenvalue weighted by Gasteiger charge is 2.28. The molecular weight excluding hydrogens is 198 g/mol. The number of nitrogens with two attached hydrogens (primary N) is 1. The van der Waals surface area contributed by atoms with Gasteiger partial charge in [0.1, 0.15) is 0 Å².